The predicted octanol–water partition coefficient (Wildman–Crippen LogP) is 2.39. The van der Waals surface area contributed by atoms with Crippen molar-refractivity contribution in [3.63, 3.8) is 0 Å². The molecule has 1 saturated heterocycles. The highest BCUT2D eigenvalue weighted by Crippen LogP contribution is 2.29. The first-order chi connectivity index (χ1) is 13.2. The summed E-state index contributed by atoms with van der Waals surface area (Å²) in [6.45, 7) is 3.79. The number of carbonyl (C=O) groups is 1. The Morgan fingerprint density at radius 1 is 1.21 bits per heavy atom. The van der Waals surface area contributed by atoms with Crippen LogP contribution in [0.5, 0.6) is 0 Å². The normalized spacial score (nSPS) is 18.7. The van der Waals surface area contributed by atoms with Gasteiger partial charge in [-0.25, -0.2) is 13.2 Å². The second-order valence-corrected chi connectivity index (χ2v) is 9.65. The van der Waals surface area contributed by atoms with Crippen molar-refractivity contribution in [1.82, 2.24) is 5.32 Å². The smallest absolute Gasteiger partial charge is 0.339 e. The highest BCUT2D eigenvalue weighted by Gasteiger charge is 2.28. The molecular weight excluding hydrogens is 382 g/mol. The molecule has 1 atom stereocenters. The van der Waals surface area contributed by atoms with E-state index in [-0.39, 0.29) is 36.3 Å². The maximum Gasteiger partial charge on any atom is 0.339 e. The number of fused-ring (bicyclic) bond motifs is 2. The summed E-state index contributed by atoms with van der Waals surface area (Å²) >= 11 is 0. The van der Waals surface area contributed by atoms with E-state index in [2.05, 4.69) is 5.32 Å². The zero-order valence-electron chi connectivity index (χ0n) is 15.7. The number of amides is 1. The Bertz CT molecular complexity index is 1250. The summed E-state index contributed by atoms with van der Waals surface area (Å²) in [6.07, 6.45) is 2.43. The van der Waals surface area contributed by atoms with Crippen LogP contribution in [0.15, 0.2) is 32.0 Å². The van der Waals surface area contributed by atoms with Crippen molar-refractivity contribution in [3.8, 4) is 0 Å². The number of furan rings is 1. The van der Waals surface area contributed by atoms with Gasteiger partial charge < -0.3 is 14.2 Å². The van der Waals surface area contributed by atoms with E-state index in [1.165, 1.54) is 0 Å². The molecule has 1 fully saturated rings. The molecule has 3 aromatic rings. The molecule has 1 aliphatic rings. The number of hydrogen-bond donors (Lipinski definition) is 1. The summed E-state index contributed by atoms with van der Waals surface area (Å²) in [4.78, 5) is 24.6. The zero-order valence-corrected chi connectivity index (χ0v) is 16.5. The van der Waals surface area contributed by atoms with Crippen LogP contribution in [0.4, 0.5) is 0 Å². The highest BCUT2D eigenvalue weighted by atomic mass is 32.2. The Labute approximate surface area is 161 Å². The summed E-state index contributed by atoms with van der Waals surface area (Å²) in [7, 11) is -3.05. The molecule has 148 valence electrons. The fourth-order valence-electron chi connectivity index (χ4n) is 3.77. The van der Waals surface area contributed by atoms with Crippen LogP contribution in [0, 0.1) is 13.8 Å². The molecule has 0 spiro atoms. The van der Waals surface area contributed by atoms with E-state index in [0.717, 1.165) is 21.9 Å². The van der Waals surface area contributed by atoms with Crippen molar-refractivity contribution >= 4 is 37.7 Å². The van der Waals surface area contributed by atoms with Crippen molar-refractivity contribution in [1.29, 1.82) is 0 Å². The van der Waals surface area contributed by atoms with Gasteiger partial charge in [-0.05, 0) is 43.9 Å². The average molecular weight is 403 g/mol. The minimum absolute atomic E-state index is 0.0179. The molecule has 2 aromatic heterocycles. The van der Waals surface area contributed by atoms with Crippen LogP contribution in [0.2, 0.25) is 0 Å². The molecule has 7 nitrogen and oxygen atoms in total. The third-order valence-electron chi connectivity index (χ3n) is 5.37. The van der Waals surface area contributed by atoms with E-state index in [1.807, 2.05) is 19.9 Å². The molecule has 1 amide bonds. The molecular formula is C20H21NO6S. The maximum atomic E-state index is 12.4. The topological polar surface area (TPSA) is 107 Å². The molecule has 0 radical (unpaired) electrons. The summed E-state index contributed by atoms with van der Waals surface area (Å²) in [5.74, 6) is -0.175. The summed E-state index contributed by atoms with van der Waals surface area (Å²) in [5, 5.41) is 4.51. The number of rotatable bonds is 4. The van der Waals surface area contributed by atoms with Gasteiger partial charge in [-0.15, -0.1) is 0 Å². The van der Waals surface area contributed by atoms with Gasteiger partial charge in [-0.3, -0.25) is 4.79 Å². The first-order valence-corrected chi connectivity index (χ1v) is 11.0. The van der Waals surface area contributed by atoms with Gasteiger partial charge in [0, 0.05) is 34.9 Å². The molecule has 0 saturated carbocycles. The molecule has 1 aromatic carbocycles. The Balaban J connectivity index is 1.56. The Hall–Kier alpha value is -2.61. The predicted molar refractivity (Wildman–Crippen MR) is 105 cm³/mol. The molecule has 4 rings (SSSR count). The van der Waals surface area contributed by atoms with Gasteiger partial charge in [-0.2, -0.15) is 0 Å². The van der Waals surface area contributed by atoms with Crippen molar-refractivity contribution in [2.24, 2.45) is 0 Å². The van der Waals surface area contributed by atoms with Crippen molar-refractivity contribution < 1.29 is 22.0 Å². The van der Waals surface area contributed by atoms with Gasteiger partial charge in [0.2, 0.25) is 5.91 Å². The first kappa shape index (κ1) is 18.7. The number of benzene rings is 1. The van der Waals surface area contributed by atoms with E-state index in [4.69, 9.17) is 8.83 Å². The largest absolute Gasteiger partial charge is 0.464 e. The zero-order chi connectivity index (χ0) is 20.1. The fourth-order valence-corrected chi connectivity index (χ4v) is 5.45. The number of nitrogens with one attached hydrogen (secondary N) is 1. The summed E-state index contributed by atoms with van der Waals surface area (Å²) < 4.78 is 33.9. The average Bonchev–Trinajstić information content (AvgIpc) is 3.15. The summed E-state index contributed by atoms with van der Waals surface area (Å²) in [5.41, 5.74) is 2.88. The monoisotopic (exact) mass is 403 g/mol. The molecule has 1 aliphatic heterocycles. The molecule has 0 unspecified atom stereocenters. The van der Waals surface area contributed by atoms with E-state index >= 15 is 0 Å². The van der Waals surface area contributed by atoms with Crippen LogP contribution in [0.3, 0.4) is 0 Å². The van der Waals surface area contributed by atoms with Gasteiger partial charge >= 0.3 is 5.63 Å². The van der Waals surface area contributed by atoms with E-state index in [9.17, 15) is 18.0 Å². The number of aryl methyl sites for hydroxylation is 2. The van der Waals surface area contributed by atoms with Gasteiger partial charge in [0.05, 0.1) is 17.8 Å². The summed E-state index contributed by atoms with van der Waals surface area (Å²) in [6, 6.07) is 3.31. The van der Waals surface area contributed by atoms with Gasteiger partial charge in [0.1, 0.15) is 11.2 Å². The van der Waals surface area contributed by atoms with E-state index in [0.29, 0.717) is 23.2 Å². The Morgan fingerprint density at radius 3 is 2.71 bits per heavy atom. The van der Waals surface area contributed by atoms with Crippen LogP contribution < -0.4 is 10.9 Å². The first-order valence-electron chi connectivity index (χ1n) is 9.17. The van der Waals surface area contributed by atoms with E-state index < -0.39 is 15.5 Å². The van der Waals surface area contributed by atoms with Crippen LogP contribution in [0.25, 0.3) is 21.9 Å². The second-order valence-electron chi connectivity index (χ2n) is 7.42. The minimum atomic E-state index is -3.05. The second kappa shape index (κ2) is 6.77. The molecule has 0 bridgehead atoms. The van der Waals surface area contributed by atoms with E-state index in [1.54, 1.807) is 12.3 Å². The Morgan fingerprint density at radius 2 is 2.00 bits per heavy atom. The lowest BCUT2D eigenvalue weighted by Gasteiger charge is -2.11. The number of carbonyl (C=O) groups excluding carboxylic acids is 1. The lowest BCUT2D eigenvalue weighted by atomic mass is 10.0. The van der Waals surface area contributed by atoms with Crippen LogP contribution in [0.1, 0.15) is 29.5 Å². The van der Waals surface area contributed by atoms with Crippen molar-refractivity contribution in [2.75, 3.05) is 11.5 Å². The molecule has 28 heavy (non-hydrogen) atoms. The molecule has 1 N–H and O–H groups in total. The molecule has 8 heteroatoms. The third-order valence-corrected chi connectivity index (χ3v) is 7.14. The maximum absolute atomic E-state index is 12.4. The van der Waals surface area contributed by atoms with Gasteiger partial charge in [0.15, 0.2) is 9.84 Å². The van der Waals surface area contributed by atoms with Crippen molar-refractivity contribution in [3.05, 3.63) is 45.5 Å². The lowest BCUT2D eigenvalue weighted by Crippen LogP contribution is -2.35. The number of sulfone groups is 1. The molecule has 3 heterocycles. The van der Waals surface area contributed by atoms with Gasteiger partial charge in [0.25, 0.3) is 0 Å². The lowest BCUT2D eigenvalue weighted by molar-refractivity contribution is -0.121. The molecule has 0 aliphatic carbocycles. The fraction of sp³-hybridized carbons (Fsp3) is 0.400. The standard InChI is InChI=1S/C20H21NO6S/c1-11-9-26-17-8-18-16(7-15(11)17)12(2)14(20(23)27-18)3-4-19(22)21-13-5-6-28(24,25)10-13/h7-9,13H,3-6,10H2,1-2H3,(H,21,22)/t13-/m0/s1. The third kappa shape index (κ3) is 3.44. The van der Waals surface area contributed by atoms with Crippen LogP contribution in [-0.2, 0) is 21.1 Å². The van der Waals surface area contributed by atoms with Crippen LogP contribution >= 0.6 is 0 Å². The quantitative estimate of drug-likeness (QED) is 0.671. The Kier molecular flexibility index (Phi) is 4.53. The highest BCUT2D eigenvalue weighted by molar-refractivity contribution is 7.91. The minimum Gasteiger partial charge on any atom is -0.464 e. The van der Waals surface area contributed by atoms with Crippen LogP contribution in [-0.4, -0.2) is 31.9 Å². The SMILES string of the molecule is Cc1coc2cc3oc(=O)c(CCC(=O)N[C@H]4CCS(=O)(=O)C4)c(C)c3cc12. The van der Waals surface area contributed by atoms with Gasteiger partial charge in [-0.1, -0.05) is 0 Å². The van der Waals surface area contributed by atoms with Crippen molar-refractivity contribution in [2.45, 2.75) is 39.2 Å². The number of hydrogen-bond acceptors (Lipinski definition) is 6.